The van der Waals surface area contributed by atoms with E-state index in [1.807, 2.05) is 10.8 Å². The average Bonchev–Trinajstić information content (AvgIpc) is 2.98. The zero-order chi connectivity index (χ0) is 15.8. The summed E-state index contributed by atoms with van der Waals surface area (Å²) in [6.45, 7) is 9.96. The topological polar surface area (TPSA) is 71.4 Å². The van der Waals surface area contributed by atoms with E-state index in [9.17, 15) is 4.79 Å². The highest BCUT2D eigenvalue weighted by atomic mass is 16.5. The maximum Gasteiger partial charge on any atom is 0.314 e. The molecule has 2 rings (SSSR count). The molecule has 1 aromatic heterocycles. The second-order valence-electron chi connectivity index (χ2n) is 6.08. The number of hydrogen-bond donors (Lipinski definition) is 2. The first-order chi connectivity index (χ1) is 10.6. The third-order valence-corrected chi connectivity index (χ3v) is 3.55. The van der Waals surface area contributed by atoms with E-state index in [1.54, 1.807) is 12.5 Å². The summed E-state index contributed by atoms with van der Waals surface area (Å²) in [4.78, 5) is 18.1. The first kappa shape index (κ1) is 16.8. The van der Waals surface area contributed by atoms with E-state index in [-0.39, 0.29) is 12.1 Å². The molecular weight excluding hydrogens is 282 g/mol. The van der Waals surface area contributed by atoms with Gasteiger partial charge in [0.15, 0.2) is 0 Å². The van der Waals surface area contributed by atoms with Gasteiger partial charge >= 0.3 is 6.03 Å². The minimum atomic E-state index is -0.148. The fourth-order valence-electron chi connectivity index (χ4n) is 2.57. The Labute approximate surface area is 132 Å². The van der Waals surface area contributed by atoms with Crippen molar-refractivity contribution in [3.05, 3.63) is 18.7 Å². The molecule has 1 fully saturated rings. The third-order valence-electron chi connectivity index (χ3n) is 3.55. The van der Waals surface area contributed by atoms with Crippen molar-refractivity contribution in [2.24, 2.45) is 5.92 Å². The van der Waals surface area contributed by atoms with Crippen LogP contribution in [0, 0.1) is 5.92 Å². The van der Waals surface area contributed by atoms with Gasteiger partial charge in [0.1, 0.15) is 0 Å². The van der Waals surface area contributed by atoms with Crippen LogP contribution in [0.2, 0.25) is 0 Å². The molecule has 124 valence electrons. The highest BCUT2D eigenvalue weighted by Crippen LogP contribution is 2.07. The van der Waals surface area contributed by atoms with Crippen molar-refractivity contribution in [2.45, 2.75) is 26.5 Å². The number of aromatic nitrogens is 2. The quantitative estimate of drug-likeness (QED) is 0.771. The molecule has 0 aliphatic carbocycles. The zero-order valence-electron chi connectivity index (χ0n) is 13.5. The number of urea groups is 1. The van der Waals surface area contributed by atoms with Gasteiger partial charge in [-0.2, -0.15) is 0 Å². The van der Waals surface area contributed by atoms with E-state index in [2.05, 4.69) is 34.4 Å². The van der Waals surface area contributed by atoms with E-state index >= 15 is 0 Å². The maximum atomic E-state index is 11.8. The zero-order valence-corrected chi connectivity index (χ0v) is 13.5. The molecular formula is C15H27N5O2. The van der Waals surface area contributed by atoms with E-state index < -0.39 is 0 Å². The van der Waals surface area contributed by atoms with E-state index in [0.29, 0.717) is 19.0 Å². The number of amides is 2. The number of nitrogens with zero attached hydrogens (tertiary/aromatic N) is 3. The molecule has 2 amide bonds. The summed E-state index contributed by atoms with van der Waals surface area (Å²) in [7, 11) is 0. The Bertz CT molecular complexity index is 435. The molecule has 0 saturated carbocycles. The number of nitrogens with one attached hydrogen (secondary N) is 2. The van der Waals surface area contributed by atoms with Crippen LogP contribution in [-0.2, 0) is 11.3 Å². The molecule has 1 atom stereocenters. The van der Waals surface area contributed by atoms with Gasteiger partial charge in [-0.1, -0.05) is 13.8 Å². The van der Waals surface area contributed by atoms with Gasteiger partial charge in [0.25, 0.3) is 0 Å². The third kappa shape index (κ3) is 6.03. The molecule has 22 heavy (non-hydrogen) atoms. The van der Waals surface area contributed by atoms with Gasteiger partial charge in [0, 0.05) is 51.7 Å². The van der Waals surface area contributed by atoms with Crippen molar-refractivity contribution in [3.8, 4) is 0 Å². The monoisotopic (exact) mass is 309 g/mol. The minimum Gasteiger partial charge on any atom is -0.374 e. The number of rotatable bonds is 7. The highest BCUT2D eigenvalue weighted by molar-refractivity contribution is 5.73. The normalized spacial score (nSPS) is 19.3. The van der Waals surface area contributed by atoms with Crippen molar-refractivity contribution in [2.75, 3.05) is 39.3 Å². The Morgan fingerprint density at radius 2 is 2.32 bits per heavy atom. The molecule has 1 aliphatic rings. The summed E-state index contributed by atoms with van der Waals surface area (Å²) in [6.07, 6.45) is 5.41. The van der Waals surface area contributed by atoms with Gasteiger partial charge in [-0.25, -0.2) is 9.78 Å². The smallest absolute Gasteiger partial charge is 0.314 e. The number of ether oxygens (including phenoxy) is 1. The molecule has 0 radical (unpaired) electrons. The number of hydrogen-bond acceptors (Lipinski definition) is 4. The minimum absolute atomic E-state index is 0.0758. The van der Waals surface area contributed by atoms with Crippen LogP contribution >= 0.6 is 0 Å². The average molecular weight is 309 g/mol. The molecule has 7 heteroatoms. The van der Waals surface area contributed by atoms with E-state index in [4.69, 9.17) is 4.74 Å². The Morgan fingerprint density at radius 1 is 1.45 bits per heavy atom. The second kappa shape index (κ2) is 8.75. The van der Waals surface area contributed by atoms with Crippen LogP contribution in [0.25, 0.3) is 0 Å². The Hall–Kier alpha value is -1.60. The standard InChI is InChI=1S/C15H27N5O2/c1-13(2)10-20-7-8-22-14(11-20)9-18-15(21)17-4-6-19-5-3-16-12-19/h3,5,12-14H,4,6-11H2,1-2H3,(H2,17,18,21)/t14-/m0/s1. The number of carbonyl (C=O) groups is 1. The molecule has 1 aromatic rings. The van der Waals surface area contributed by atoms with Crippen LogP contribution in [-0.4, -0.2) is 65.9 Å². The lowest BCUT2D eigenvalue weighted by Crippen LogP contribution is -2.49. The fraction of sp³-hybridized carbons (Fsp3) is 0.733. The molecule has 1 aliphatic heterocycles. The predicted molar refractivity (Wildman–Crippen MR) is 84.6 cm³/mol. The van der Waals surface area contributed by atoms with Crippen LogP contribution in [0.4, 0.5) is 4.79 Å². The summed E-state index contributed by atoms with van der Waals surface area (Å²) >= 11 is 0. The van der Waals surface area contributed by atoms with Gasteiger partial charge in [0.2, 0.25) is 0 Å². The van der Waals surface area contributed by atoms with Crippen molar-refractivity contribution >= 4 is 6.03 Å². The van der Waals surface area contributed by atoms with Crippen LogP contribution < -0.4 is 10.6 Å². The first-order valence-corrected chi connectivity index (χ1v) is 7.95. The maximum absolute atomic E-state index is 11.8. The number of carbonyl (C=O) groups excluding carboxylic acids is 1. The Balaban J connectivity index is 1.59. The molecule has 0 unspecified atom stereocenters. The van der Waals surface area contributed by atoms with Crippen molar-refractivity contribution < 1.29 is 9.53 Å². The number of morpholine rings is 1. The van der Waals surface area contributed by atoms with Gasteiger partial charge in [0.05, 0.1) is 19.0 Å². The van der Waals surface area contributed by atoms with Crippen molar-refractivity contribution in [3.63, 3.8) is 0 Å². The van der Waals surface area contributed by atoms with Crippen LogP contribution in [0.3, 0.4) is 0 Å². The first-order valence-electron chi connectivity index (χ1n) is 7.95. The Kier molecular flexibility index (Phi) is 6.67. The molecule has 0 spiro atoms. The largest absolute Gasteiger partial charge is 0.374 e. The fourth-order valence-corrected chi connectivity index (χ4v) is 2.57. The molecule has 7 nitrogen and oxygen atoms in total. The second-order valence-corrected chi connectivity index (χ2v) is 6.08. The molecule has 0 aromatic carbocycles. The summed E-state index contributed by atoms with van der Waals surface area (Å²) in [5.74, 6) is 0.651. The van der Waals surface area contributed by atoms with E-state index in [0.717, 1.165) is 32.8 Å². The molecule has 2 heterocycles. The van der Waals surface area contributed by atoms with Gasteiger partial charge in [-0.15, -0.1) is 0 Å². The van der Waals surface area contributed by atoms with Gasteiger partial charge in [-0.3, -0.25) is 4.90 Å². The SMILES string of the molecule is CC(C)CN1CCO[C@@H](CNC(=O)NCCn2ccnc2)C1. The predicted octanol–water partition coefficient (Wildman–Crippen LogP) is 0.539. The lowest BCUT2D eigenvalue weighted by Gasteiger charge is -2.33. The van der Waals surface area contributed by atoms with E-state index in [1.165, 1.54) is 0 Å². The molecule has 1 saturated heterocycles. The summed E-state index contributed by atoms with van der Waals surface area (Å²) in [6, 6.07) is -0.148. The van der Waals surface area contributed by atoms with Gasteiger partial charge in [-0.05, 0) is 5.92 Å². The molecule has 0 bridgehead atoms. The summed E-state index contributed by atoms with van der Waals surface area (Å²) in [5.41, 5.74) is 0. The van der Waals surface area contributed by atoms with Crippen LogP contribution in [0.1, 0.15) is 13.8 Å². The Morgan fingerprint density at radius 3 is 3.05 bits per heavy atom. The lowest BCUT2D eigenvalue weighted by molar-refractivity contribution is -0.0290. The molecule has 2 N–H and O–H groups in total. The van der Waals surface area contributed by atoms with Crippen LogP contribution in [0.5, 0.6) is 0 Å². The summed E-state index contributed by atoms with van der Waals surface area (Å²) < 4.78 is 7.63. The van der Waals surface area contributed by atoms with Crippen LogP contribution in [0.15, 0.2) is 18.7 Å². The van der Waals surface area contributed by atoms with Crippen molar-refractivity contribution in [1.82, 2.24) is 25.1 Å². The number of imidazole rings is 1. The van der Waals surface area contributed by atoms with Gasteiger partial charge < -0.3 is 19.9 Å². The summed E-state index contributed by atoms with van der Waals surface area (Å²) in [5, 5.41) is 5.72. The highest BCUT2D eigenvalue weighted by Gasteiger charge is 2.21. The van der Waals surface area contributed by atoms with Crippen molar-refractivity contribution in [1.29, 1.82) is 0 Å². The lowest BCUT2D eigenvalue weighted by atomic mass is 10.2.